The number of halogens is 2. The van der Waals surface area contributed by atoms with Crippen molar-refractivity contribution in [3.05, 3.63) is 28.2 Å². The number of anilines is 1. The molecule has 1 aromatic rings. The molecule has 0 heterocycles. The molecule has 1 aromatic carbocycles. The van der Waals surface area contributed by atoms with Crippen LogP contribution in [0.1, 0.15) is 52.4 Å². The first-order valence-electron chi connectivity index (χ1n) is 8.48. The zero-order valence-electron chi connectivity index (χ0n) is 13.7. The van der Waals surface area contributed by atoms with Gasteiger partial charge in [-0.15, -0.1) is 0 Å². The van der Waals surface area contributed by atoms with E-state index in [0.717, 1.165) is 19.3 Å². The normalized spacial score (nSPS) is 41.1. The number of benzene rings is 1. The fourth-order valence-electron chi connectivity index (χ4n) is 6.55. The molecule has 23 heavy (non-hydrogen) atoms. The quantitative estimate of drug-likeness (QED) is 0.702. The molecule has 1 N–H and O–H groups in total. The number of amides is 1. The number of carbonyl (C=O) groups excluding carboxylic acids is 1. The Kier molecular flexibility index (Phi) is 3.36. The molecule has 4 aliphatic rings. The number of nitrogens with one attached hydrogen (secondary N) is 1. The molecule has 4 aliphatic carbocycles. The van der Waals surface area contributed by atoms with Crippen LogP contribution in [-0.4, -0.2) is 5.91 Å². The van der Waals surface area contributed by atoms with Crippen LogP contribution in [0.2, 0.25) is 10.0 Å². The Morgan fingerprint density at radius 2 is 1.74 bits per heavy atom. The van der Waals surface area contributed by atoms with Crippen molar-refractivity contribution in [3.8, 4) is 0 Å². The largest absolute Gasteiger partial charge is 0.324 e. The molecule has 0 radical (unpaired) electrons. The van der Waals surface area contributed by atoms with E-state index in [2.05, 4.69) is 19.2 Å². The van der Waals surface area contributed by atoms with E-state index in [0.29, 0.717) is 32.5 Å². The van der Waals surface area contributed by atoms with Gasteiger partial charge in [-0.1, -0.05) is 37.0 Å². The summed E-state index contributed by atoms with van der Waals surface area (Å²) in [6.45, 7) is 4.76. The van der Waals surface area contributed by atoms with Crippen molar-refractivity contribution < 1.29 is 4.79 Å². The van der Waals surface area contributed by atoms with E-state index >= 15 is 0 Å². The van der Waals surface area contributed by atoms with Crippen molar-refractivity contribution in [1.29, 1.82) is 0 Å². The molecule has 2 atom stereocenters. The maximum atomic E-state index is 13.2. The standard InChI is InChI=1S/C19H23Cl2NO/c1-17-6-12-7-18(2,9-17)11-19(8-12,10-17)16(23)22-15-5-13(20)3-4-14(15)21/h3-5,12H,6-11H2,1-2H3,(H,22,23). The highest BCUT2D eigenvalue weighted by molar-refractivity contribution is 6.35. The molecule has 5 rings (SSSR count). The summed E-state index contributed by atoms with van der Waals surface area (Å²) in [7, 11) is 0. The third kappa shape index (κ3) is 2.59. The van der Waals surface area contributed by atoms with Crippen LogP contribution in [0.3, 0.4) is 0 Å². The van der Waals surface area contributed by atoms with E-state index in [-0.39, 0.29) is 11.3 Å². The molecule has 2 unspecified atom stereocenters. The molecular weight excluding hydrogens is 329 g/mol. The van der Waals surface area contributed by atoms with Crippen molar-refractivity contribution in [1.82, 2.24) is 0 Å². The summed E-state index contributed by atoms with van der Waals surface area (Å²) < 4.78 is 0. The van der Waals surface area contributed by atoms with Crippen molar-refractivity contribution >= 4 is 34.8 Å². The van der Waals surface area contributed by atoms with Crippen LogP contribution in [0, 0.1) is 22.2 Å². The third-order valence-electron chi connectivity index (χ3n) is 6.28. The lowest BCUT2D eigenvalue weighted by molar-refractivity contribution is -0.165. The fourth-order valence-corrected chi connectivity index (χ4v) is 6.89. The van der Waals surface area contributed by atoms with E-state index in [1.807, 2.05) is 0 Å². The lowest BCUT2D eigenvalue weighted by Gasteiger charge is -2.64. The van der Waals surface area contributed by atoms with Gasteiger partial charge in [0.25, 0.3) is 0 Å². The smallest absolute Gasteiger partial charge is 0.230 e. The summed E-state index contributed by atoms with van der Waals surface area (Å²) in [6.07, 6.45) is 6.89. The summed E-state index contributed by atoms with van der Waals surface area (Å²) >= 11 is 12.3. The van der Waals surface area contributed by atoms with Gasteiger partial charge in [-0.3, -0.25) is 4.79 Å². The minimum absolute atomic E-state index is 0.142. The highest BCUT2D eigenvalue weighted by Crippen LogP contribution is 2.69. The highest BCUT2D eigenvalue weighted by atomic mass is 35.5. The van der Waals surface area contributed by atoms with E-state index in [1.165, 1.54) is 19.3 Å². The van der Waals surface area contributed by atoms with Crippen LogP contribution in [0.25, 0.3) is 0 Å². The molecule has 4 saturated carbocycles. The Balaban J connectivity index is 1.64. The summed E-state index contributed by atoms with van der Waals surface area (Å²) in [5.74, 6) is 0.838. The fraction of sp³-hybridized carbons (Fsp3) is 0.632. The van der Waals surface area contributed by atoms with Gasteiger partial charge in [-0.05, 0) is 73.5 Å². The first kappa shape index (κ1) is 15.8. The topological polar surface area (TPSA) is 29.1 Å². The third-order valence-corrected chi connectivity index (χ3v) is 6.85. The zero-order valence-corrected chi connectivity index (χ0v) is 15.2. The number of rotatable bonds is 2. The van der Waals surface area contributed by atoms with E-state index < -0.39 is 0 Å². The first-order valence-corrected chi connectivity index (χ1v) is 9.23. The van der Waals surface area contributed by atoms with Gasteiger partial charge in [0.1, 0.15) is 0 Å². The molecule has 0 saturated heterocycles. The Bertz CT molecular complexity index is 668. The SMILES string of the molecule is CC12CC3CC(C)(C1)CC(C(=O)Nc1cc(Cl)ccc1Cl)(C3)C2. The molecule has 1 amide bonds. The monoisotopic (exact) mass is 351 g/mol. The van der Waals surface area contributed by atoms with Gasteiger partial charge in [0.2, 0.25) is 5.91 Å². The maximum Gasteiger partial charge on any atom is 0.230 e. The second-order valence-electron chi connectivity index (χ2n) is 8.99. The van der Waals surface area contributed by atoms with Gasteiger partial charge in [0.05, 0.1) is 16.1 Å². The van der Waals surface area contributed by atoms with Gasteiger partial charge in [0, 0.05) is 5.02 Å². The Labute approximate surface area is 147 Å². The lowest BCUT2D eigenvalue weighted by Crippen LogP contribution is -2.58. The second-order valence-corrected chi connectivity index (χ2v) is 9.83. The number of hydrogen-bond acceptors (Lipinski definition) is 1. The van der Waals surface area contributed by atoms with E-state index in [4.69, 9.17) is 23.2 Å². The average molecular weight is 352 g/mol. The summed E-state index contributed by atoms with van der Waals surface area (Å²) in [6, 6.07) is 5.22. The first-order chi connectivity index (χ1) is 10.7. The van der Waals surface area contributed by atoms with Crippen LogP contribution >= 0.6 is 23.2 Å². The second kappa shape index (κ2) is 4.89. The minimum Gasteiger partial charge on any atom is -0.324 e. The van der Waals surface area contributed by atoms with E-state index in [1.54, 1.807) is 18.2 Å². The Morgan fingerprint density at radius 3 is 2.35 bits per heavy atom. The predicted molar refractivity (Wildman–Crippen MR) is 94.9 cm³/mol. The molecule has 124 valence electrons. The summed E-state index contributed by atoms with van der Waals surface area (Å²) in [4.78, 5) is 13.2. The van der Waals surface area contributed by atoms with Crippen molar-refractivity contribution in [2.45, 2.75) is 52.4 Å². The van der Waals surface area contributed by atoms with Crippen LogP contribution in [0.5, 0.6) is 0 Å². The number of carbonyl (C=O) groups is 1. The lowest BCUT2D eigenvalue weighted by atomic mass is 9.40. The van der Waals surface area contributed by atoms with Gasteiger partial charge in [-0.2, -0.15) is 0 Å². The molecule has 4 bridgehead atoms. The predicted octanol–water partition coefficient (Wildman–Crippen LogP) is 5.93. The molecule has 0 spiro atoms. The molecular formula is C19H23Cl2NO. The molecule has 0 aromatic heterocycles. The molecule has 2 nitrogen and oxygen atoms in total. The zero-order chi connectivity index (χ0) is 16.5. The van der Waals surface area contributed by atoms with Crippen LogP contribution in [-0.2, 0) is 4.79 Å². The summed E-state index contributed by atoms with van der Waals surface area (Å²) in [5.41, 5.74) is 1.05. The van der Waals surface area contributed by atoms with Crippen molar-refractivity contribution in [3.63, 3.8) is 0 Å². The van der Waals surface area contributed by atoms with Gasteiger partial charge in [0.15, 0.2) is 0 Å². The van der Waals surface area contributed by atoms with Crippen molar-refractivity contribution in [2.24, 2.45) is 22.2 Å². The highest BCUT2D eigenvalue weighted by Gasteiger charge is 2.62. The van der Waals surface area contributed by atoms with Gasteiger partial charge in [-0.25, -0.2) is 0 Å². The maximum absolute atomic E-state index is 13.2. The van der Waals surface area contributed by atoms with E-state index in [9.17, 15) is 4.79 Å². The van der Waals surface area contributed by atoms with Gasteiger partial charge < -0.3 is 5.32 Å². The van der Waals surface area contributed by atoms with Crippen molar-refractivity contribution in [2.75, 3.05) is 5.32 Å². The number of hydrogen-bond donors (Lipinski definition) is 1. The average Bonchev–Trinajstić information content (AvgIpc) is 2.38. The van der Waals surface area contributed by atoms with Crippen LogP contribution in [0.4, 0.5) is 5.69 Å². The molecule has 4 heteroatoms. The molecule has 4 fully saturated rings. The van der Waals surface area contributed by atoms with Crippen LogP contribution in [0.15, 0.2) is 18.2 Å². The molecule has 0 aliphatic heterocycles. The Morgan fingerprint density at radius 1 is 1.09 bits per heavy atom. The Hall–Kier alpha value is -0.730. The minimum atomic E-state index is -0.228. The summed E-state index contributed by atoms with van der Waals surface area (Å²) in [5, 5.41) is 4.23. The van der Waals surface area contributed by atoms with Gasteiger partial charge >= 0.3 is 0 Å². The van der Waals surface area contributed by atoms with Crippen LogP contribution < -0.4 is 5.32 Å².